The van der Waals surface area contributed by atoms with Crippen LogP contribution in [0.3, 0.4) is 0 Å². The molecule has 0 amide bonds. The molecule has 0 atom stereocenters. The van der Waals surface area contributed by atoms with E-state index in [4.69, 9.17) is 14.3 Å². The number of rotatable bonds is 3. The van der Waals surface area contributed by atoms with Gasteiger partial charge in [-0.3, -0.25) is 4.79 Å². The Balaban J connectivity index is 2.55. The second-order valence-corrected chi connectivity index (χ2v) is 3.66. The highest BCUT2D eigenvalue weighted by molar-refractivity contribution is 5.86. The van der Waals surface area contributed by atoms with Crippen molar-refractivity contribution in [2.24, 2.45) is 0 Å². The Hall–Kier alpha value is -1.97. The van der Waals surface area contributed by atoms with Crippen LogP contribution >= 0.6 is 0 Å². The van der Waals surface area contributed by atoms with E-state index >= 15 is 0 Å². The van der Waals surface area contributed by atoms with Gasteiger partial charge in [0.25, 0.3) is 0 Å². The lowest BCUT2D eigenvalue weighted by atomic mass is 10.1. The molecule has 0 aliphatic heterocycles. The zero-order valence-electron chi connectivity index (χ0n) is 9.11. The number of ether oxygens (including phenoxy) is 1. The fourth-order valence-corrected chi connectivity index (χ4v) is 1.70. The van der Waals surface area contributed by atoms with Gasteiger partial charge in [-0.05, 0) is 30.7 Å². The molecule has 2 aromatic rings. The van der Waals surface area contributed by atoms with Crippen molar-refractivity contribution in [2.75, 3.05) is 7.11 Å². The molecule has 1 aromatic carbocycles. The molecule has 1 aromatic heterocycles. The molecule has 0 aliphatic carbocycles. The molecule has 4 nitrogen and oxygen atoms in total. The Bertz CT molecular complexity index is 539. The molecular formula is C12H12O4. The normalized spacial score (nSPS) is 10.6. The maximum atomic E-state index is 10.6. The molecule has 0 saturated heterocycles. The highest BCUT2D eigenvalue weighted by Crippen LogP contribution is 2.30. The smallest absolute Gasteiger partial charge is 0.311 e. The molecule has 2 rings (SSSR count). The van der Waals surface area contributed by atoms with Crippen LogP contribution in [0.5, 0.6) is 5.75 Å². The van der Waals surface area contributed by atoms with Crippen LogP contribution in [0.25, 0.3) is 11.0 Å². The lowest BCUT2D eigenvalue weighted by Gasteiger charge is -2.01. The van der Waals surface area contributed by atoms with Gasteiger partial charge in [0, 0.05) is 0 Å². The van der Waals surface area contributed by atoms with Gasteiger partial charge in [0.2, 0.25) is 0 Å². The summed E-state index contributed by atoms with van der Waals surface area (Å²) in [7, 11) is 1.58. The first-order valence-electron chi connectivity index (χ1n) is 4.89. The number of aliphatic carboxylic acids is 1. The van der Waals surface area contributed by atoms with E-state index < -0.39 is 5.97 Å². The van der Waals surface area contributed by atoms with Crippen LogP contribution in [0.2, 0.25) is 0 Å². The summed E-state index contributed by atoms with van der Waals surface area (Å²) in [6.45, 7) is 1.93. The Morgan fingerprint density at radius 3 is 2.81 bits per heavy atom. The number of carboxylic acid groups (broad SMARTS) is 1. The maximum absolute atomic E-state index is 10.6. The first kappa shape index (κ1) is 10.5. The third-order valence-corrected chi connectivity index (χ3v) is 2.34. The summed E-state index contributed by atoms with van der Waals surface area (Å²) in [6, 6.07) is 5.47. The number of hydrogen-bond donors (Lipinski definition) is 1. The first-order chi connectivity index (χ1) is 7.60. The average molecular weight is 220 g/mol. The number of fused-ring (bicyclic) bond motifs is 1. The Morgan fingerprint density at radius 2 is 2.19 bits per heavy atom. The van der Waals surface area contributed by atoms with Crippen LogP contribution in [0.4, 0.5) is 0 Å². The van der Waals surface area contributed by atoms with E-state index in [1.807, 2.05) is 19.1 Å². The van der Waals surface area contributed by atoms with Gasteiger partial charge in [-0.15, -0.1) is 0 Å². The third-order valence-electron chi connectivity index (χ3n) is 2.34. The van der Waals surface area contributed by atoms with Crippen molar-refractivity contribution in [1.82, 2.24) is 0 Å². The van der Waals surface area contributed by atoms with Crippen molar-refractivity contribution in [3.8, 4) is 5.75 Å². The Labute approximate surface area is 92.4 Å². The number of aryl methyl sites for hydroxylation is 1. The SMILES string of the molecule is COc1cc(C)cc2oc(CC(=O)O)cc12. The minimum atomic E-state index is -0.908. The van der Waals surface area contributed by atoms with Crippen molar-refractivity contribution in [1.29, 1.82) is 0 Å². The second kappa shape index (κ2) is 3.89. The summed E-state index contributed by atoms with van der Waals surface area (Å²) >= 11 is 0. The van der Waals surface area contributed by atoms with Gasteiger partial charge < -0.3 is 14.3 Å². The van der Waals surface area contributed by atoms with Crippen LogP contribution < -0.4 is 4.74 Å². The number of carboxylic acids is 1. The van der Waals surface area contributed by atoms with Gasteiger partial charge in [0.1, 0.15) is 23.5 Å². The van der Waals surface area contributed by atoms with Crippen LogP contribution in [-0.4, -0.2) is 18.2 Å². The monoisotopic (exact) mass is 220 g/mol. The van der Waals surface area contributed by atoms with E-state index in [0.29, 0.717) is 17.1 Å². The number of methoxy groups -OCH3 is 1. The number of furan rings is 1. The molecule has 1 N–H and O–H groups in total. The van der Waals surface area contributed by atoms with Crippen molar-refractivity contribution in [3.63, 3.8) is 0 Å². The second-order valence-electron chi connectivity index (χ2n) is 3.66. The number of carbonyl (C=O) groups is 1. The fourth-order valence-electron chi connectivity index (χ4n) is 1.70. The third kappa shape index (κ3) is 1.86. The predicted octanol–water partition coefficient (Wildman–Crippen LogP) is 2.38. The molecule has 84 valence electrons. The first-order valence-corrected chi connectivity index (χ1v) is 4.89. The van der Waals surface area contributed by atoms with Gasteiger partial charge in [0.05, 0.1) is 12.5 Å². The topological polar surface area (TPSA) is 59.7 Å². The van der Waals surface area contributed by atoms with Gasteiger partial charge in [-0.25, -0.2) is 0 Å². The predicted molar refractivity (Wildman–Crippen MR) is 58.8 cm³/mol. The van der Waals surface area contributed by atoms with E-state index in [1.165, 1.54) is 0 Å². The van der Waals surface area contributed by atoms with Gasteiger partial charge >= 0.3 is 5.97 Å². The number of benzene rings is 1. The van der Waals surface area contributed by atoms with Gasteiger partial charge in [-0.1, -0.05) is 0 Å². The van der Waals surface area contributed by atoms with Crippen LogP contribution in [-0.2, 0) is 11.2 Å². The quantitative estimate of drug-likeness (QED) is 0.862. The van der Waals surface area contributed by atoms with E-state index in [1.54, 1.807) is 13.2 Å². The summed E-state index contributed by atoms with van der Waals surface area (Å²) < 4.78 is 10.7. The standard InChI is InChI=1S/C12H12O4/c1-7-3-10(15-2)9-5-8(6-12(13)14)16-11(9)4-7/h3-5H,6H2,1-2H3,(H,13,14). The van der Waals surface area contributed by atoms with E-state index in [2.05, 4.69) is 0 Å². The number of hydrogen-bond acceptors (Lipinski definition) is 3. The maximum Gasteiger partial charge on any atom is 0.311 e. The highest BCUT2D eigenvalue weighted by atomic mass is 16.5. The lowest BCUT2D eigenvalue weighted by Crippen LogP contribution is -1.97. The zero-order chi connectivity index (χ0) is 11.7. The summed E-state index contributed by atoms with van der Waals surface area (Å²) in [5.74, 6) is 0.233. The minimum absolute atomic E-state index is 0.114. The Morgan fingerprint density at radius 1 is 1.44 bits per heavy atom. The van der Waals surface area contributed by atoms with Gasteiger partial charge in [-0.2, -0.15) is 0 Å². The molecular weight excluding hydrogens is 208 g/mol. The molecule has 16 heavy (non-hydrogen) atoms. The molecule has 0 fully saturated rings. The van der Waals surface area contributed by atoms with Gasteiger partial charge in [0.15, 0.2) is 0 Å². The van der Waals surface area contributed by atoms with Crippen LogP contribution in [0, 0.1) is 6.92 Å². The van der Waals surface area contributed by atoms with Crippen molar-refractivity contribution in [2.45, 2.75) is 13.3 Å². The molecule has 1 heterocycles. The average Bonchev–Trinajstić information content (AvgIpc) is 2.57. The zero-order valence-corrected chi connectivity index (χ0v) is 9.11. The summed E-state index contributed by atoms with van der Waals surface area (Å²) in [4.78, 5) is 10.6. The molecule has 0 saturated carbocycles. The molecule has 0 aliphatic rings. The van der Waals surface area contributed by atoms with Crippen molar-refractivity contribution < 1.29 is 19.1 Å². The lowest BCUT2D eigenvalue weighted by molar-refractivity contribution is -0.136. The molecule has 0 bridgehead atoms. The van der Waals surface area contributed by atoms with Crippen LogP contribution in [0.15, 0.2) is 22.6 Å². The Kier molecular flexibility index (Phi) is 2.56. The summed E-state index contributed by atoms with van der Waals surface area (Å²) in [5, 5.41) is 9.49. The largest absolute Gasteiger partial charge is 0.496 e. The molecule has 0 radical (unpaired) electrons. The summed E-state index contributed by atoms with van der Waals surface area (Å²) in [5.41, 5.74) is 1.67. The fraction of sp³-hybridized carbons (Fsp3) is 0.250. The minimum Gasteiger partial charge on any atom is -0.496 e. The molecule has 0 spiro atoms. The molecule has 4 heteroatoms. The molecule has 0 unspecified atom stereocenters. The van der Waals surface area contributed by atoms with E-state index in [9.17, 15) is 4.79 Å². The summed E-state index contributed by atoms with van der Waals surface area (Å²) in [6.07, 6.45) is -0.114. The van der Waals surface area contributed by atoms with Crippen LogP contribution in [0.1, 0.15) is 11.3 Å². The van der Waals surface area contributed by atoms with E-state index in [0.717, 1.165) is 10.9 Å². The van der Waals surface area contributed by atoms with Crippen molar-refractivity contribution in [3.05, 3.63) is 29.5 Å². The highest BCUT2D eigenvalue weighted by Gasteiger charge is 2.11. The van der Waals surface area contributed by atoms with Crippen molar-refractivity contribution >= 4 is 16.9 Å². The van der Waals surface area contributed by atoms with E-state index in [-0.39, 0.29) is 6.42 Å².